The third-order valence-electron chi connectivity index (χ3n) is 4.71. The number of alkyl halides is 3. The van der Waals surface area contributed by atoms with Crippen LogP contribution in [-0.2, 0) is 14.6 Å². The quantitative estimate of drug-likeness (QED) is 0.227. The average molecular weight is 531 g/mol. The summed E-state index contributed by atoms with van der Waals surface area (Å²) in [6.07, 6.45) is -3.26. The number of nitrogen functional groups attached to an aromatic ring is 1. The first-order valence-corrected chi connectivity index (χ1v) is 13.0. The Morgan fingerprint density at radius 1 is 1.12 bits per heavy atom. The monoisotopic (exact) mass is 530 g/mol. The second kappa shape index (κ2) is 10.6. The van der Waals surface area contributed by atoms with Crippen molar-refractivity contribution in [1.29, 1.82) is 5.41 Å². The van der Waals surface area contributed by atoms with Crippen LogP contribution in [0.1, 0.15) is 16.0 Å². The van der Waals surface area contributed by atoms with Gasteiger partial charge in [0.2, 0.25) is 9.84 Å². The van der Waals surface area contributed by atoms with E-state index in [4.69, 9.17) is 21.0 Å². The van der Waals surface area contributed by atoms with Gasteiger partial charge in [-0.2, -0.15) is 13.2 Å². The lowest BCUT2D eigenvalue weighted by molar-refractivity contribution is -0.192. The van der Waals surface area contributed by atoms with Crippen molar-refractivity contribution in [2.75, 3.05) is 6.26 Å². The second-order valence-electron chi connectivity index (χ2n) is 6.96. The number of amidine groups is 1. The van der Waals surface area contributed by atoms with Gasteiger partial charge in [0.25, 0.3) is 0 Å². The summed E-state index contributed by atoms with van der Waals surface area (Å²) < 4.78 is 58.9. The number of benzene rings is 2. The van der Waals surface area contributed by atoms with Crippen molar-refractivity contribution in [3.05, 3.63) is 64.5 Å². The number of hydrogen-bond acceptors (Lipinski definition) is 6. The number of thiophene rings is 1. The Morgan fingerprint density at radius 3 is 2.24 bits per heavy atom. The molecule has 0 unspecified atom stereocenters. The Kier molecular flexibility index (Phi) is 8.56. The first-order chi connectivity index (χ1) is 15.7. The molecule has 182 valence electrons. The van der Waals surface area contributed by atoms with Gasteiger partial charge in [-0.05, 0) is 60.6 Å². The van der Waals surface area contributed by atoms with Crippen LogP contribution in [0.5, 0.6) is 0 Å². The van der Waals surface area contributed by atoms with E-state index in [1.165, 1.54) is 29.2 Å². The van der Waals surface area contributed by atoms with Gasteiger partial charge in [0.15, 0.2) is 0 Å². The molecule has 0 saturated heterocycles. The fourth-order valence-corrected chi connectivity index (χ4v) is 6.74. The third-order valence-corrected chi connectivity index (χ3v) is 9.05. The maximum absolute atomic E-state index is 13.3. The van der Waals surface area contributed by atoms with Crippen LogP contribution in [0.25, 0.3) is 11.1 Å². The van der Waals surface area contributed by atoms with Crippen molar-refractivity contribution >= 4 is 44.7 Å². The predicted octanol–water partition coefficient (Wildman–Crippen LogP) is 5.50. The van der Waals surface area contributed by atoms with Crippen molar-refractivity contribution in [2.24, 2.45) is 5.73 Å². The molecule has 0 aliphatic rings. The molecule has 34 heavy (non-hydrogen) atoms. The van der Waals surface area contributed by atoms with E-state index in [0.717, 1.165) is 22.3 Å². The number of aryl methyl sites for hydroxylation is 1. The highest BCUT2D eigenvalue weighted by Gasteiger charge is 2.38. The van der Waals surface area contributed by atoms with Gasteiger partial charge in [-0.25, -0.2) is 13.2 Å². The summed E-state index contributed by atoms with van der Waals surface area (Å²) in [6.45, 7) is 4.08. The Hall–Kier alpha value is -2.83. The number of rotatable bonds is 5. The molecular weight excluding hydrogens is 509 g/mol. The smallest absolute Gasteiger partial charge is 0.475 e. The number of aliphatic carboxylic acids is 1. The molecule has 6 nitrogen and oxygen atoms in total. The molecule has 0 fully saturated rings. The first kappa shape index (κ1) is 27.4. The van der Waals surface area contributed by atoms with Crippen LogP contribution in [0, 0.1) is 19.3 Å². The second-order valence-corrected chi connectivity index (χ2v) is 11.0. The minimum absolute atomic E-state index is 0.124. The number of nitrogens with one attached hydrogen (secondary N) is 1. The number of carboxylic acid groups (broad SMARTS) is 1. The van der Waals surface area contributed by atoms with Gasteiger partial charge in [-0.15, -0.1) is 23.1 Å². The molecule has 1 aromatic heterocycles. The molecule has 0 aliphatic heterocycles. The summed E-state index contributed by atoms with van der Waals surface area (Å²) in [6, 6.07) is 14.5. The Bertz CT molecular complexity index is 1330. The molecular formula is C22H21F3N2O4S3. The van der Waals surface area contributed by atoms with Crippen molar-refractivity contribution in [3.8, 4) is 11.1 Å². The Balaban J connectivity index is 0.000000509. The zero-order valence-electron chi connectivity index (χ0n) is 18.2. The number of sulfone groups is 1. The summed E-state index contributed by atoms with van der Waals surface area (Å²) >= 11 is 2.58. The van der Waals surface area contributed by atoms with Gasteiger partial charge in [0.05, 0.1) is 18.9 Å². The van der Waals surface area contributed by atoms with Crippen molar-refractivity contribution in [3.63, 3.8) is 0 Å². The normalized spacial score (nSPS) is 11.5. The standard InChI is InChI=1S/C20H20N2O2S3.C2HF3O2/c1-12-6-4-9-16(13(12)2)14-7-5-8-15(10-14)27(23,24)18-11-17(19(21)22)26-20(18)25-3;3-2(4,5)1(6)7/h4-11H,1-3H3,(H3,21,22);(H,6,7). The lowest BCUT2D eigenvalue weighted by Gasteiger charge is -2.11. The predicted molar refractivity (Wildman–Crippen MR) is 128 cm³/mol. The van der Waals surface area contributed by atoms with Gasteiger partial charge in [-0.3, -0.25) is 5.41 Å². The maximum atomic E-state index is 13.3. The minimum atomic E-state index is -5.08. The summed E-state index contributed by atoms with van der Waals surface area (Å²) in [5, 5.41) is 14.7. The summed E-state index contributed by atoms with van der Waals surface area (Å²) in [4.78, 5) is 9.81. The van der Waals surface area contributed by atoms with E-state index in [0.29, 0.717) is 9.09 Å². The molecule has 12 heteroatoms. The molecule has 3 aromatic rings. The van der Waals surface area contributed by atoms with Crippen molar-refractivity contribution in [2.45, 2.75) is 34.0 Å². The molecule has 0 bridgehead atoms. The highest BCUT2D eigenvalue weighted by molar-refractivity contribution is 8.01. The zero-order valence-corrected chi connectivity index (χ0v) is 20.7. The van der Waals surface area contributed by atoms with E-state index in [1.807, 2.05) is 44.4 Å². The van der Waals surface area contributed by atoms with Crippen LogP contribution in [0.4, 0.5) is 13.2 Å². The summed E-state index contributed by atoms with van der Waals surface area (Å²) in [5.74, 6) is -2.88. The van der Waals surface area contributed by atoms with Crippen LogP contribution < -0.4 is 5.73 Å². The van der Waals surface area contributed by atoms with Crippen LogP contribution in [-0.4, -0.2) is 37.8 Å². The average Bonchev–Trinajstić information content (AvgIpc) is 3.21. The van der Waals surface area contributed by atoms with Crippen LogP contribution >= 0.6 is 23.1 Å². The van der Waals surface area contributed by atoms with E-state index in [2.05, 4.69) is 0 Å². The van der Waals surface area contributed by atoms with Gasteiger partial charge in [0.1, 0.15) is 5.84 Å². The van der Waals surface area contributed by atoms with E-state index in [9.17, 15) is 21.6 Å². The van der Waals surface area contributed by atoms with Gasteiger partial charge in [-0.1, -0.05) is 30.3 Å². The maximum Gasteiger partial charge on any atom is 0.490 e. The fraction of sp³-hybridized carbons (Fsp3) is 0.182. The topological polar surface area (TPSA) is 121 Å². The van der Waals surface area contributed by atoms with Crippen LogP contribution in [0.15, 0.2) is 62.5 Å². The van der Waals surface area contributed by atoms with Gasteiger partial charge < -0.3 is 10.8 Å². The number of carboxylic acids is 1. The van der Waals surface area contributed by atoms with Crippen LogP contribution in [0.2, 0.25) is 0 Å². The SMILES string of the molecule is CSc1sc(C(=N)N)cc1S(=O)(=O)c1cccc(-c2cccc(C)c2C)c1.O=C(O)C(F)(F)F. The molecule has 1 heterocycles. The lowest BCUT2D eigenvalue weighted by atomic mass is 9.97. The molecule has 0 radical (unpaired) electrons. The third kappa shape index (κ3) is 6.19. The number of hydrogen-bond donors (Lipinski definition) is 3. The summed E-state index contributed by atoms with van der Waals surface area (Å²) in [7, 11) is -3.71. The minimum Gasteiger partial charge on any atom is -0.475 e. The molecule has 3 rings (SSSR count). The van der Waals surface area contributed by atoms with E-state index >= 15 is 0 Å². The van der Waals surface area contributed by atoms with Crippen LogP contribution in [0.3, 0.4) is 0 Å². The zero-order chi connectivity index (χ0) is 25.8. The van der Waals surface area contributed by atoms with Gasteiger partial charge in [0, 0.05) is 0 Å². The molecule has 0 amide bonds. The van der Waals surface area contributed by atoms with Crippen molar-refractivity contribution in [1.82, 2.24) is 0 Å². The number of nitrogens with two attached hydrogens (primary N) is 1. The highest BCUT2D eigenvalue weighted by atomic mass is 32.2. The molecule has 4 N–H and O–H groups in total. The van der Waals surface area contributed by atoms with Gasteiger partial charge >= 0.3 is 12.1 Å². The van der Waals surface area contributed by atoms with E-state index in [1.54, 1.807) is 18.2 Å². The van der Waals surface area contributed by atoms with E-state index < -0.39 is 22.0 Å². The molecule has 0 atom stereocenters. The number of thioether (sulfide) groups is 1. The largest absolute Gasteiger partial charge is 0.490 e. The Labute approximate surface area is 203 Å². The molecule has 0 spiro atoms. The summed E-state index contributed by atoms with van der Waals surface area (Å²) in [5.41, 5.74) is 9.73. The highest BCUT2D eigenvalue weighted by Crippen LogP contribution is 2.38. The lowest BCUT2D eigenvalue weighted by Crippen LogP contribution is -2.21. The van der Waals surface area contributed by atoms with E-state index in [-0.39, 0.29) is 15.6 Å². The first-order valence-electron chi connectivity index (χ1n) is 9.44. The number of halogens is 3. The van der Waals surface area contributed by atoms with Crippen molar-refractivity contribution < 1.29 is 31.5 Å². The number of carbonyl (C=O) groups is 1. The Morgan fingerprint density at radius 2 is 1.71 bits per heavy atom. The molecule has 2 aromatic carbocycles. The molecule has 0 aliphatic carbocycles. The molecule has 0 saturated carbocycles. The fourth-order valence-electron chi connectivity index (χ4n) is 2.84.